The number of carbonyl (C=O) groups excluding carboxylic acids is 1. The Morgan fingerprint density at radius 2 is 1.48 bits per heavy atom. The van der Waals surface area contributed by atoms with E-state index < -0.39 is 22.5 Å². The molecule has 40 heavy (non-hydrogen) atoms. The van der Waals surface area contributed by atoms with Crippen molar-refractivity contribution in [2.75, 3.05) is 30.4 Å². The first-order valence-corrected chi connectivity index (χ1v) is 15.2. The van der Waals surface area contributed by atoms with Crippen LogP contribution >= 0.6 is 35.0 Å². The van der Waals surface area contributed by atoms with Gasteiger partial charge in [0.05, 0.1) is 30.5 Å². The molecule has 0 aliphatic rings. The minimum absolute atomic E-state index is 0.0631. The Labute approximate surface area is 248 Å². The quantitative estimate of drug-likeness (QED) is 0.180. The van der Waals surface area contributed by atoms with Crippen molar-refractivity contribution in [3.05, 3.63) is 107 Å². The topological polar surface area (TPSA) is 84.9 Å². The number of methoxy groups -OCH3 is 2. The lowest BCUT2D eigenvalue weighted by molar-refractivity contribution is -0.114. The third-order valence-electron chi connectivity index (χ3n) is 5.81. The second-order valence-corrected chi connectivity index (χ2v) is 12.2. The van der Waals surface area contributed by atoms with Gasteiger partial charge in [0.2, 0.25) is 5.91 Å². The van der Waals surface area contributed by atoms with Crippen molar-refractivity contribution in [3.63, 3.8) is 0 Å². The van der Waals surface area contributed by atoms with Gasteiger partial charge in [0.1, 0.15) is 6.54 Å². The first-order valence-electron chi connectivity index (χ1n) is 12.0. The molecule has 11 heteroatoms. The molecule has 0 aliphatic heterocycles. The molecular formula is C29H26Cl2N2O5S2. The molecule has 4 rings (SSSR count). The number of sulfonamides is 1. The van der Waals surface area contributed by atoms with Gasteiger partial charge in [-0.15, -0.1) is 11.8 Å². The molecule has 0 spiro atoms. The van der Waals surface area contributed by atoms with Gasteiger partial charge < -0.3 is 14.8 Å². The van der Waals surface area contributed by atoms with Crippen LogP contribution in [0, 0.1) is 0 Å². The summed E-state index contributed by atoms with van der Waals surface area (Å²) in [4.78, 5) is 14.1. The van der Waals surface area contributed by atoms with E-state index in [0.29, 0.717) is 27.2 Å². The van der Waals surface area contributed by atoms with Gasteiger partial charge in [0.15, 0.2) is 11.5 Å². The Kier molecular flexibility index (Phi) is 9.86. The van der Waals surface area contributed by atoms with Gasteiger partial charge in [-0.05, 0) is 66.2 Å². The number of benzene rings is 4. The summed E-state index contributed by atoms with van der Waals surface area (Å²) in [5.74, 6) is 0.772. The normalized spacial score (nSPS) is 11.1. The number of para-hydroxylation sites is 1. The number of rotatable bonds is 11. The zero-order valence-corrected chi connectivity index (χ0v) is 24.8. The molecule has 0 saturated carbocycles. The van der Waals surface area contributed by atoms with Crippen molar-refractivity contribution in [1.82, 2.24) is 0 Å². The average molecular weight is 618 g/mol. The van der Waals surface area contributed by atoms with Crippen LogP contribution in [0.25, 0.3) is 0 Å². The van der Waals surface area contributed by atoms with E-state index in [2.05, 4.69) is 5.32 Å². The van der Waals surface area contributed by atoms with E-state index in [1.165, 1.54) is 32.4 Å². The SMILES string of the molecule is COc1ccc(S(=O)(=O)N(CC(=O)Nc2ccccc2SCc2ccc(Cl)cc2)c2ccc(Cl)cc2)cc1OC. The predicted octanol–water partition coefficient (Wildman–Crippen LogP) is 7.14. The summed E-state index contributed by atoms with van der Waals surface area (Å²) in [6, 6.07) is 25.4. The molecule has 0 atom stereocenters. The number of anilines is 2. The second-order valence-electron chi connectivity index (χ2n) is 8.46. The van der Waals surface area contributed by atoms with Crippen LogP contribution in [0.4, 0.5) is 11.4 Å². The predicted molar refractivity (Wildman–Crippen MR) is 162 cm³/mol. The van der Waals surface area contributed by atoms with Crippen LogP contribution in [-0.2, 0) is 20.6 Å². The van der Waals surface area contributed by atoms with Crippen molar-refractivity contribution in [3.8, 4) is 11.5 Å². The molecule has 1 amide bonds. The smallest absolute Gasteiger partial charge is 0.264 e. The average Bonchev–Trinajstić information content (AvgIpc) is 2.96. The molecule has 7 nitrogen and oxygen atoms in total. The Hall–Kier alpha value is -3.37. The summed E-state index contributed by atoms with van der Waals surface area (Å²) < 4.78 is 39.2. The maximum atomic E-state index is 13.8. The number of nitrogens with zero attached hydrogens (tertiary/aromatic N) is 1. The van der Waals surface area contributed by atoms with Crippen LogP contribution in [-0.4, -0.2) is 35.1 Å². The lowest BCUT2D eigenvalue weighted by Crippen LogP contribution is -2.38. The van der Waals surface area contributed by atoms with Gasteiger partial charge in [0.25, 0.3) is 10.0 Å². The fraction of sp³-hybridized carbons (Fsp3) is 0.138. The van der Waals surface area contributed by atoms with Crippen LogP contribution in [0.2, 0.25) is 10.0 Å². The maximum Gasteiger partial charge on any atom is 0.264 e. The monoisotopic (exact) mass is 616 g/mol. The Balaban J connectivity index is 1.59. The lowest BCUT2D eigenvalue weighted by atomic mass is 10.2. The zero-order chi connectivity index (χ0) is 28.7. The fourth-order valence-electron chi connectivity index (χ4n) is 3.78. The highest BCUT2D eigenvalue weighted by Crippen LogP contribution is 2.33. The standard InChI is InChI=1S/C29H26Cl2N2O5S2/c1-37-26-16-15-24(17-27(26)38-2)40(35,36)33(23-13-11-22(31)12-14-23)18-29(34)32-25-5-3-4-6-28(25)39-19-20-7-9-21(30)10-8-20/h3-17H,18-19H2,1-2H3,(H,32,34). The number of hydrogen-bond donors (Lipinski definition) is 1. The van der Waals surface area contributed by atoms with E-state index in [4.69, 9.17) is 32.7 Å². The van der Waals surface area contributed by atoms with Crippen LogP contribution in [0.1, 0.15) is 5.56 Å². The number of thioether (sulfide) groups is 1. The van der Waals surface area contributed by atoms with Crippen molar-refractivity contribution >= 4 is 62.3 Å². The summed E-state index contributed by atoms with van der Waals surface area (Å²) in [5.41, 5.74) is 1.93. The van der Waals surface area contributed by atoms with E-state index in [1.54, 1.807) is 48.2 Å². The molecule has 0 radical (unpaired) electrons. The van der Waals surface area contributed by atoms with Gasteiger partial charge in [0, 0.05) is 26.8 Å². The number of ether oxygens (including phenoxy) is 2. The molecule has 0 fully saturated rings. The Bertz CT molecular complexity index is 1580. The van der Waals surface area contributed by atoms with Crippen molar-refractivity contribution in [1.29, 1.82) is 0 Å². The molecular weight excluding hydrogens is 591 g/mol. The first kappa shape index (κ1) is 29.6. The van der Waals surface area contributed by atoms with E-state index in [1.807, 2.05) is 36.4 Å². The largest absolute Gasteiger partial charge is 0.493 e. The molecule has 0 aromatic heterocycles. The summed E-state index contributed by atoms with van der Waals surface area (Å²) in [5, 5.41) is 3.97. The summed E-state index contributed by atoms with van der Waals surface area (Å²) >= 11 is 13.6. The summed E-state index contributed by atoms with van der Waals surface area (Å²) in [7, 11) is -1.32. The van der Waals surface area contributed by atoms with Crippen LogP contribution < -0.4 is 19.1 Å². The third kappa shape index (κ3) is 7.22. The minimum atomic E-state index is -4.19. The summed E-state index contributed by atoms with van der Waals surface area (Å²) in [6.07, 6.45) is 0. The van der Waals surface area contributed by atoms with Gasteiger partial charge >= 0.3 is 0 Å². The van der Waals surface area contributed by atoms with Crippen LogP contribution in [0.5, 0.6) is 11.5 Å². The van der Waals surface area contributed by atoms with E-state index in [9.17, 15) is 13.2 Å². The van der Waals surface area contributed by atoms with Gasteiger partial charge in [-0.3, -0.25) is 9.10 Å². The molecule has 208 valence electrons. The molecule has 4 aromatic rings. The number of nitrogens with one attached hydrogen (secondary N) is 1. The second kappa shape index (κ2) is 13.3. The Morgan fingerprint density at radius 3 is 2.12 bits per heavy atom. The number of amides is 1. The van der Waals surface area contributed by atoms with Crippen molar-refractivity contribution in [2.45, 2.75) is 15.5 Å². The lowest BCUT2D eigenvalue weighted by Gasteiger charge is -2.25. The molecule has 1 N–H and O–H groups in total. The molecule has 4 aromatic carbocycles. The third-order valence-corrected chi connectivity index (χ3v) is 9.23. The van der Waals surface area contributed by atoms with Crippen molar-refractivity contribution in [2.24, 2.45) is 0 Å². The molecule has 0 bridgehead atoms. The molecule has 0 heterocycles. The molecule has 0 saturated heterocycles. The zero-order valence-electron chi connectivity index (χ0n) is 21.6. The van der Waals surface area contributed by atoms with E-state index in [-0.39, 0.29) is 16.3 Å². The number of halogens is 2. The fourth-order valence-corrected chi connectivity index (χ4v) is 6.44. The maximum absolute atomic E-state index is 13.8. The Morgan fingerprint density at radius 1 is 0.850 bits per heavy atom. The highest BCUT2D eigenvalue weighted by molar-refractivity contribution is 7.98. The van der Waals surface area contributed by atoms with Crippen LogP contribution in [0.3, 0.4) is 0 Å². The highest BCUT2D eigenvalue weighted by atomic mass is 35.5. The van der Waals surface area contributed by atoms with Gasteiger partial charge in [-0.25, -0.2) is 8.42 Å². The highest BCUT2D eigenvalue weighted by Gasteiger charge is 2.28. The van der Waals surface area contributed by atoms with Gasteiger partial charge in [-0.1, -0.05) is 47.5 Å². The number of hydrogen-bond acceptors (Lipinski definition) is 6. The van der Waals surface area contributed by atoms with Gasteiger partial charge in [-0.2, -0.15) is 0 Å². The molecule has 0 unspecified atom stereocenters. The summed E-state index contributed by atoms with van der Waals surface area (Å²) in [6.45, 7) is -0.478. The molecule has 0 aliphatic carbocycles. The van der Waals surface area contributed by atoms with Crippen molar-refractivity contribution < 1.29 is 22.7 Å². The number of carbonyl (C=O) groups is 1. The van der Waals surface area contributed by atoms with Crippen LogP contribution in [0.15, 0.2) is 101 Å². The van der Waals surface area contributed by atoms with E-state index in [0.717, 1.165) is 14.8 Å². The van der Waals surface area contributed by atoms with E-state index >= 15 is 0 Å². The minimum Gasteiger partial charge on any atom is -0.493 e. The first-order chi connectivity index (χ1) is 19.2.